The summed E-state index contributed by atoms with van der Waals surface area (Å²) in [5.74, 6) is -0.0581. The van der Waals surface area contributed by atoms with Gasteiger partial charge in [-0.3, -0.25) is 0 Å². The smallest absolute Gasteiger partial charge is 0.128 e. The van der Waals surface area contributed by atoms with Gasteiger partial charge in [-0.05, 0) is 50.4 Å². The van der Waals surface area contributed by atoms with Gasteiger partial charge in [-0.25, -0.2) is 4.39 Å². The maximum Gasteiger partial charge on any atom is 0.128 e. The second kappa shape index (κ2) is 7.52. The molecular formula is C16H26FN. The standard InChI is InChI=1S/C16H26FN/c1-5-7-8-15(18-9-6-2)16-13(4)10-12(3)11-14(16)17/h10-11,15,18H,5-9H2,1-4H3. The van der Waals surface area contributed by atoms with Crippen molar-refractivity contribution in [2.75, 3.05) is 6.54 Å². The van der Waals surface area contributed by atoms with Gasteiger partial charge in [-0.2, -0.15) is 0 Å². The molecule has 0 radical (unpaired) electrons. The Morgan fingerprint density at radius 1 is 1.17 bits per heavy atom. The minimum absolute atomic E-state index is 0.0581. The molecule has 2 heteroatoms. The van der Waals surface area contributed by atoms with E-state index < -0.39 is 0 Å². The highest BCUT2D eigenvalue weighted by atomic mass is 19.1. The highest BCUT2D eigenvalue weighted by molar-refractivity contribution is 5.34. The van der Waals surface area contributed by atoms with Crippen molar-refractivity contribution in [1.82, 2.24) is 5.32 Å². The SMILES string of the molecule is CCCCC(NCCC)c1c(C)cc(C)cc1F. The van der Waals surface area contributed by atoms with E-state index in [1.54, 1.807) is 6.07 Å². The van der Waals surface area contributed by atoms with Gasteiger partial charge in [-0.1, -0.05) is 32.8 Å². The molecule has 1 unspecified atom stereocenters. The van der Waals surface area contributed by atoms with Crippen LogP contribution in [0, 0.1) is 19.7 Å². The molecule has 0 saturated heterocycles. The summed E-state index contributed by atoms with van der Waals surface area (Å²) in [6.07, 6.45) is 4.37. The van der Waals surface area contributed by atoms with Gasteiger partial charge >= 0.3 is 0 Å². The first kappa shape index (κ1) is 15.2. The van der Waals surface area contributed by atoms with Crippen LogP contribution in [0.5, 0.6) is 0 Å². The Morgan fingerprint density at radius 2 is 1.89 bits per heavy atom. The quantitative estimate of drug-likeness (QED) is 0.742. The lowest BCUT2D eigenvalue weighted by Gasteiger charge is -2.22. The van der Waals surface area contributed by atoms with Crippen LogP contribution in [0.3, 0.4) is 0 Å². The fourth-order valence-corrected chi connectivity index (χ4v) is 2.44. The topological polar surface area (TPSA) is 12.0 Å². The lowest BCUT2D eigenvalue weighted by molar-refractivity contribution is 0.457. The van der Waals surface area contributed by atoms with Crippen LogP contribution in [-0.4, -0.2) is 6.54 Å². The van der Waals surface area contributed by atoms with Crippen molar-refractivity contribution in [2.24, 2.45) is 0 Å². The molecular weight excluding hydrogens is 225 g/mol. The molecule has 1 rings (SSSR count). The number of hydrogen-bond donors (Lipinski definition) is 1. The Hall–Kier alpha value is -0.890. The Bertz CT molecular complexity index is 342. The molecule has 0 aliphatic rings. The molecule has 0 fully saturated rings. The molecule has 1 nitrogen and oxygen atoms in total. The van der Waals surface area contributed by atoms with Crippen molar-refractivity contribution in [1.29, 1.82) is 0 Å². The third-order valence-corrected chi connectivity index (χ3v) is 3.32. The maximum atomic E-state index is 14.2. The normalized spacial score (nSPS) is 12.7. The molecule has 18 heavy (non-hydrogen) atoms. The van der Waals surface area contributed by atoms with Crippen LogP contribution in [-0.2, 0) is 0 Å². The van der Waals surface area contributed by atoms with Gasteiger partial charge in [0.2, 0.25) is 0 Å². The molecule has 0 aromatic heterocycles. The summed E-state index contributed by atoms with van der Waals surface area (Å²) in [6.45, 7) is 9.22. The monoisotopic (exact) mass is 251 g/mol. The molecule has 0 bridgehead atoms. The number of unbranched alkanes of at least 4 members (excludes halogenated alkanes) is 1. The summed E-state index contributed by atoms with van der Waals surface area (Å²) in [5, 5.41) is 3.48. The van der Waals surface area contributed by atoms with Crippen LogP contribution in [0.1, 0.15) is 62.3 Å². The van der Waals surface area contributed by atoms with Gasteiger partial charge in [-0.15, -0.1) is 0 Å². The van der Waals surface area contributed by atoms with Gasteiger partial charge in [0.15, 0.2) is 0 Å². The van der Waals surface area contributed by atoms with E-state index >= 15 is 0 Å². The number of hydrogen-bond acceptors (Lipinski definition) is 1. The van der Waals surface area contributed by atoms with E-state index in [0.717, 1.165) is 48.9 Å². The van der Waals surface area contributed by atoms with Crippen molar-refractivity contribution in [2.45, 2.75) is 59.4 Å². The fraction of sp³-hybridized carbons (Fsp3) is 0.625. The van der Waals surface area contributed by atoms with Gasteiger partial charge in [0, 0.05) is 11.6 Å². The van der Waals surface area contributed by atoms with Crippen LogP contribution in [0.25, 0.3) is 0 Å². The average Bonchev–Trinajstić information content (AvgIpc) is 2.30. The van der Waals surface area contributed by atoms with Crippen molar-refractivity contribution in [3.63, 3.8) is 0 Å². The Balaban J connectivity index is 2.95. The van der Waals surface area contributed by atoms with Gasteiger partial charge in [0.25, 0.3) is 0 Å². The summed E-state index contributed by atoms with van der Waals surface area (Å²) in [7, 11) is 0. The van der Waals surface area contributed by atoms with Gasteiger partial charge in [0.1, 0.15) is 5.82 Å². The third kappa shape index (κ3) is 4.09. The summed E-state index contributed by atoms with van der Waals surface area (Å²) in [4.78, 5) is 0. The predicted molar refractivity (Wildman–Crippen MR) is 76.4 cm³/mol. The first-order chi connectivity index (χ1) is 8.60. The molecule has 102 valence electrons. The first-order valence-electron chi connectivity index (χ1n) is 7.10. The Labute approximate surface area is 111 Å². The molecule has 0 heterocycles. The Kier molecular flexibility index (Phi) is 6.34. The van der Waals surface area contributed by atoms with Crippen molar-refractivity contribution in [3.8, 4) is 0 Å². The Morgan fingerprint density at radius 3 is 2.44 bits per heavy atom. The largest absolute Gasteiger partial charge is 0.310 e. The zero-order chi connectivity index (χ0) is 13.5. The second-order valence-electron chi connectivity index (χ2n) is 5.13. The van der Waals surface area contributed by atoms with Gasteiger partial charge < -0.3 is 5.32 Å². The van der Waals surface area contributed by atoms with E-state index in [2.05, 4.69) is 25.2 Å². The van der Waals surface area contributed by atoms with E-state index in [4.69, 9.17) is 0 Å². The minimum atomic E-state index is -0.0581. The first-order valence-corrected chi connectivity index (χ1v) is 7.10. The molecule has 0 spiro atoms. The molecule has 0 aliphatic heterocycles. The highest BCUT2D eigenvalue weighted by Crippen LogP contribution is 2.26. The molecule has 1 atom stereocenters. The van der Waals surface area contributed by atoms with Gasteiger partial charge in [0.05, 0.1) is 0 Å². The number of halogens is 1. The number of benzene rings is 1. The molecule has 0 aliphatic carbocycles. The molecule has 0 saturated carbocycles. The van der Waals surface area contributed by atoms with E-state index in [1.165, 1.54) is 0 Å². The number of nitrogens with one attached hydrogen (secondary N) is 1. The lowest BCUT2D eigenvalue weighted by Crippen LogP contribution is -2.24. The van der Waals surface area contributed by atoms with Crippen molar-refractivity contribution < 1.29 is 4.39 Å². The zero-order valence-corrected chi connectivity index (χ0v) is 12.1. The van der Waals surface area contributed by atoms with Crippen LogP contribution >= 0.6 is 0 Å². The predicted octanol–water partition coefficient (Wildman–Crippen LogP) is 4.67. The van der Waals surface area contributed by atoms with Crippen LogP contribution < -0.4 is 5.32 Å². The van der Waals surface area contributed by atoms with E-state index in [9.17, 15) is 4.39 Å². The summed E-state index contributed by atoms with van der Waals surface area (Å²) in [6, 6.07) is 3.88. The highest BCUT2D eigenvalue weighted by Gasteiger charge is 2.17. The zero-order valence-electron chi connectivity index (χ0n) is 12.1. The lowest BCUT2D eigenvalue weighted by atomic mass is 9.94. The summed E-state index contributed by atoms with van der Waals surface area (Å²) in [5.41, 5.74) is 2.93. The number of aryl methyl sites for hydroxylation is 2. The van der Waals surface area contributed by atoms with Crippen molar-refractivity contribution >= 4 is 0 Å². The fourth-order valence-electron chi connectivity index (χ4n) is 2.44. The number of rotatable bonds is 7. The minimum Gasteiger partial charge on any atom is -0.310 e. The van der Waals surface area contributed by atoms with E-state index in [0.29, 0.717) is 0 Å². The van der Waals surface area contributed by atoms with Crippen LogP contribution in [0.2, 0.25) is 0 Å². The second-order valence-corrected chi connectivity index (χ2v) is 5.13. The third-order valence-electron chi connectivity index (χ3n) is 3.32. The van der Waals surface area contributed by atoms with Crippen LogP contribution in [0.15, 0.2) is 12.1 Å². The maximum absolute atomic E-state index is 14.2. The molecule has 1 aromatic carbocycles. The summed E-state index contributed by atoms with van der Waals surface area (Å²) < 4.78 is 14.2. The molecule has 0 amide bonds. The molecule has 1 N–H and O–H groups in total. The van der Waals surface area contributed by atoms with Crippen molar-refractivity contribution in [3.05, 3.63) is 34.6 Å². The molecule has 1 aromatic rings. The van der Waals surface area contributed by atoms with E-state index in [1.807, 2.05) is 13.8 Å². The van der Waals surface area contributed by atoms with E-state index in [-0.39, 0.29) is 11.9 Å². The summed E-state index contributed by atoms with van der Waals surface area (Å²) >= 11 is 0. The average molecular weight is 251 g/mol. The van der Waals surface area contributed by atoms with Crippen LogP contribution in [0.4, 0.5) is 4.39 Å².